The van der Waals surface area contributed by atoms with Crippen molar-refractivity contribution in [2.24, 2.45) is 4.99 Å². The lowest BCUT2D eigenvalue weighted by Gasteiger charge is -2.16. The van der Waals surface area contributed by atoms with Gasteiger partial charge in [-0.1, -0.05) is 6.07 Å². The Morgan fingerprint density at radius 1 is 1.25 bits per heavy atom. The van der Waals surface area contributed by atoms with Crippen LogP contribution in [0.15, 0.2) is 23.3 Å². The van der Waals surface area contributed by atoms with Crippen LogP contribution < -0.4 is 15.5 Å². The molecule has 0 aromatic carbocycles. The number of hydrogen-bond donors (Lipinski definition) is 2. The Bertz CT molecular complexity index is 483. The highest BCUT2D eigenvalue weighted by Gasteiger charge is 2.12. The average Bonchev–Trinajstić information content (AvgIpc) is 3.14. The molecular formula is C18H31N5S. The van der Waals surface area contributed by atoms with E-state index in [4.69, 9.17) is 0 Å². The van der Waals surface area contributed by atoms with E-state index in [1.54, 1.807) is 0 Å². The molecule has 0 radical (unpaired) electrons. The van der Waals surface area contributed by atoms with Crippen molar-refractivity contribution < 1.29 is 0 Å². The van der Waals surface area contributed by atoms with Gasteiger partial charge in [-0.05, 0) is 56.2 Å². The fourth-order valence-corrected chi connectivity index (χ4v) is 3.23. The number of pyridine rings is 1. The van der Waals surface area contributed by atoms with Gasteiger partial charge in [-0.3, -0.25) is 0 Å². The van der Waals surface area contributed by atoms with E-state index in [1.165, 1.54) is 31.4 Å². The minimum atomic E-state index is 0.660. The van der Waals surface area contributed by atoms with Crippen LogP contribution in [0.2, 0.25) is 0 Å². The first-order valence-electron chi connectivity index (χ1n) is 9.04. The molecule has 2 rings (SSSR count). The van der Waals surface area contributed by atoms with E-state index in [2.05, 4.69) is 50.8 Å². The van der Waals surface area contributed by atoms with Crippen molar-refractivity contribution in [1.29, 1.82) is 0 Å². The minimum Gasteiger partial charge on any atom is -0.357 e. The molecule has 0 atom stereocenters. The molecule has 2 N–H and O–H groups in total. The Morgan fingerprint density at radius 3 is 2.75 bits per heavy atom. The lowest BCUT2D eigenvalue weighted by Crippen LogP contribution is -2.37. The molecule has 0 saturated carbocycles. The third-order valence-electron chi connectivity index (χ3n) is 4.07. The number of rotatable bonds is 9. The van der Waals surface area contributed by atoms with Crippen molar-refractivity contribution in [3.63, 3.8) is 0 Å². The molecule has 1 aromatic rings. The maximum absolute atomic E-state index is 4.66. The highest BCUT2D eigenvalue weighted by molar-refractivity contribution is 7.98. The largest absolute Gasteiger partial charge is 0.357 e. The number of anilines is 1. The number of aliphatic imine (C=N–C) groups is 1. The highest BCUT2D eigenvalue weighted by atomic mass is 32.2. The molecule has 0 spiro atoms. The normalized spacial score (nSPS) is 14.9. The zero-order valence-corrected chi connectivity index (χ0v) is 15.9. The van der Waals surface area contributed by atoms with Gasteiger partial charge in [-0.25, -0.2) is 9.98 Å². The van der Waals surface area contributed by atoms with E-state index in [0.717, 1.165) is 43.5 Å². The molecule has 1 aromatic heterocycles. The number of hydrogen-bond acceptors (Lipinski definition) is 4. The van der Waals surface area contributed by atoms with Gasteiger partial charge in [0.1, 0.15) is 5.82 Å². The summed E-state index contributed by atoms with van der Waals surface area (Å²) in [6, 6.07) is 4.27. The fraction of sp³-hybridized carbons (Fsp3) is 0.667. The number of thioether (sulfide) groups is 1. The zero-order chi connectivity index (χ0) is 17.0. The zero-order valence-electron chi connectivity index (χ0n) is 15.1. The number of unbranched alkanes of at least 4 members (excludes halogenated alkanes) is 1. The van der Waals surface area contributed by atoms with Crippen LogP contribution in [0.4, 0.5) is 5.82 Å². The van der Waals surface area contributed by atoms with E-state index in [9.17, 15) is 0 Å². The van der Waals surface area contributed by atoms with Crippen LogP contribution in [0.3, 0.4) is 0 Å². The summed E-state index contributed by atoms with van der Waals surface area (Å²) in [4.78, 5) is 11.6. The monoisotopic (exact) mass is 349 g/mol. The maximum Gasteiger partial charge on any atom is 0.191 e. The van der Waals surface area contributed by atoms with Gasteiger partial charge in [-0.2, -0.15) is 11.8 Å². The summed E-state index contributed by atoms with van der Waals surface area (Å²) in [6.45, 7) is 6.87. The Kier molecular flexibility index (Phi) is 8.81. The maximum atomic E-state index is 4.66. The summed E-state index contributed by atoms with van der Waals surface area (Å²) in [5.74, 6) is 3.22. The van der Waals surface area contributed by atoms with Crippen molar-refractivity contribution in [2.75, 3.05) is 43.1 Å². The smallest absolute Gasteiger partial charge is 0.191 e. The molecule has 1 fully saturated rings. The summed E-state index contributed by atoms with van der Waals surface area (Å²) in [7, 11) is 0. The first-order valence-corrected chi connectivity index (χ1v) is 10.4. The van der Waals surface area contributed by atoms with Crippen molar-refractivity contribution in [2.45, 2.75) is 39.2 Å². The van der Waals surface area contributed by atoms with E-state index >= 15 is 0 Å². The molecule has 5 nitrogen and oxygen atoms in total. The van der Waals surface area contributed by atoms with Gasteiger partial charge >= 0.3 is 0 Å². The van der Waals surface area contributed by atoms with E-state index in [0.29, 0.717) is 6.54 Å². The fourth-order valence-electron chi connectivity index (χ4n) is 2.73. The SMILES string of the molecule is CCNC(=NCc1ccc(N2CCCC2)nc1)NCCCCSC. The summed E-state index contributed by atoms with van der Waals surface area (Å²) in [5.41, 5.74) is 1.15. The summed E-state index contributed by atoms with van der Waals surface area (Å²) in [6.07, 6.45) is 9.10. The van der Waals surface area contributed by atoms with Crippen LogP contribution in [-0.2, 0) is 6.54 Å². The number of aromatic nitrogens is 1. The molecule has 6 heteroatoms. The predicted octanol–water partition coefficient (Wildman–Crippen LogP) is 2.88. The first kappa shape index (κ1) is 18.9. The van der Waals surface area contributed by atoms with Gasteiger partial charge in [0.15, 0.2) is 5.96 Å². The summed E-state index contributed by atoms with van der Waals surface area (Å²) < 4.78 is 0. The van der Waals surface area contributed by atoms with E-state index in [-0.39, 0.29) is 0 Å². The van der Waals surface area contributed by atoms with E-state index in [1.807, 2.05) is 18.0 Å². The lowest BCUT2D eigenvalue weighted by atomic mass is 10.3. The minimum absolute atomic E-state index is 0.660. The third-order valence-corrected chi connectivity index (χ3v) is 4.77. The second kappa shape index (κ2) is 11.2. The quantitative estimate of drug-likeness (QED) is 0.408. The topological polar surface area (TPSA) is 52.6 Å². The third kappa shape index (κ3) is 6.59. The number of nitrogens with zero attached hydrogens (tertiary/aromatic N) is 3. The number of guanidine groups is 1. The summed E-state index contributed by atoms with van der Waals surface area (Å²) in [5, 5.41) is 6.71. The van der Waals surface area contributed by atoms with Gasteiger partial charge < -0.3 is 15.5 Å². The standard InChI is InChI=1S/C18H31N5S/c1-3-19-18(20-10-4-7-13-24-2)22-15-16-8-9-17(21-14-16)23-11-5-6-12-23/h8-9,14H,3-7,10-13,15H2,1-2H3,(H2,19,20,22). The van der Waals surface area contributed by atoms with Crippen molar-refractivity contribution in [3.05, 3.63) is 23.9 Å². The van der Waals surface area contributed by atoms with Crippen LogP contribution in [0.5, 0.6) is 0 Å². The first-order chi connectivity index (χ1) is 11.8. The summed E-state index contributed by atoms with van der Waals surface area (Å²) >= 11 is 1.90. The van der Waals surface area contributed by atoms with Gasteiger partial charge in [-0.15, -0.1) is 0 Å². The molecular weight excluding hydrogens is 318 g/mol. The molecule has 0 bridgehead atoms. The van der Waals surface area contributed by atoms with Gasteiger partial charge in [0.05, 0.1) is 6.54 Å². The average molecular weight is 350 g/mol. The molecule has 1 aliphatic heterocycles. The van der Waals surface area contributed by atoms with Crippen LogP contribution in [-0.4, -0.2) is 49.1 Å². The molecule has 24 heavy (non-hydrogen) atoms. The molecule has 134 valence electrons. The number of nitrogens with one attached hydrogen (secondary N) is 2. The van der Waals surface area contributed by atoms with Crippen molar-refractivity contribution in [1.82, 2.24) is 15.6 Å². The van der Waals surface area contributed by atoms with Crippen LogP contribution >= 0.6 is 11.8 Å². The molecule has 1 saturated heterocycles. The van der Waals surface area contributed by atoms with Crippen molar-refractivity contribution in [3.8, 4) is 0 Å². The lowest BCUT2D eigenvalue weighted by molar-refractivity contribution is 0.734. The molecule has 0 aliphatic carbocycles. The van der Waals surface area contributed by atoms with Crippen LogP contribution in [0, 0.1) is 0 Å². The second-order valence-electron chi connectivity index (χ2n) is 6.04. The van der Waals surface area contributed by atoms with Crippen LogP contribution in [0.25, 0.3) is 0 Å². The predicted molar refractivity (Wildman–Crippen MR) is 106 cm³/mol. The van der Waals surface area contributed by atoms with Gasteiger partial charge in [0, 0.05) is 32.4 Å². The Hall–Kier alpha value is -1.43. The van der Waals surface area contributed by atoms with Crippen molar-refractivity contribution >= 4 is 23.5 Å². The Labute approximate surface area is 150 Å². The highest BCUT2D eigenvalue weighted by Crippen LogP contribution is 2.17. The van der Waals surface area contributed by atoms with E-state index < -0.39 is 0 Å². The molecule has 2 heterocycles. The molecule has 1 aliphatic rings. The molecule has 0 unspecified atom stereocenters. The van der Waals surface area contributed by atoms with Gasteiger partial charge in [0.25, 0.3) is 0 Å². The Balaban J connectivity index is 1.81. The van der Waals surface area contributed by atoms with Crippen LogP contribution in [0.1, 0.15) is 38.2 Å². The van der Waals surface area contributed by atoms with Gasteiger partial charge in [0.2, 0.25) is 0 Å². The second-order valence-corrected chi connectivity index (χ2v) is 7.03. The Morgan fingerprint density at radius 2 is 2.08 bits per heavy atom. The molecule has 0 amide bonds.